The quantitative estimate of drug-likeness (QED) is 0.853. The van der Waals surface area contributed by atoms with Gasteiger partial charge in [-0.05, 0) is 32.0 Å². The van der Waals surface area contributed by atoms with E-state index in [4.69, 9.17) is 4.74 Å². The summed E-state index contributed by atoms with van der Waals surface area (Å²) in [6.07, 6.45) is 0. The lowest BCUT2D eigenvalue weighted by atomic mass is 10.0. The monoisotopic (exact) mass is 283 g/mol. The molecule has 0 aromatic heterocycles. The Morgan fingerprint density at radius 1 is 1.14 bits per heavy atom. The number of benzene rings is 2. The molecule has 1 atom stereocenters. The highest BCUT2D eigenvalue weighted by Crippen LogP contribution is 2.28. The van der Waals surface area contributed by atoms with Crippen molar-refractivity contribution >= 4 is 5.91 Å². The molecule has 2 aromatic carbocycles. The smallest absolute Gasteiger partial charge is 0.254 e. The van der Waals surface area contributed by atoms with E-state index in [1.54, 1.807) is 12.0 Å². The molecule has 3 heteroatoms. The molecule has 0 saturated heterocycles. The van der Waals surface area contributed by atoms with Gasteiger partial charge in [0.2, 0.25) is 0 Å². The van der Waals surface area contributed by atoms with Crippen LogP contribution in [0.25, 0.3) is 0 Å². The van der Waals surface area contributed by atoms with Crippen molar-refractivity contribution in [3.8, 4) is 5.75 Å². The molecule has 2 aromatic rings. The molecule has 0 spiro atoms. The maximum Gasteiger partial charge on any atom is 0.254 e. The van der Waals surface area contributed by atoms with Crippen LogP contribution in [0.3, 0.4) is 0 Å². The number of carbonyl (C=O) groups is 1. The van der Waals surface area contributed by atoms with Gasteiger partial charge >= 0.3 is 0 Å². The number of ether oxygens (including phenoxy) is 1. The van der Waals surface area contributed by atoms with E-state index in [1.807, 2.05) is 69.4 Å². The Hall–Kier alpha value is -2.29. The molecule has 0 aliphatic rings. The zero-order chi connectivity index (χ0) is 15.4. The molecule has 0 radical (unpaired) electrons. The minimum Gasteiger partial charge on any atom is -0.496 e. The molecule has 0 aliphatic heterocycles. The van der Waals surface area contributed by atoms with Crippen molar-refractivity contribution in [2.75, 3.05) is 14.2 Å². The predicted molar refractivity (Wildman–Crippen MR) is 84.7 cm³/mol. The van der Waals surface area contributed by atoms with Crippen molar-refractivity contribution in [3.05, 3.63) is 65.2 Å². The van der Waals surface area contributed by atoms with Gasteiger partial charge in [0, 0.05) is 18.2 Å². The average molecular weight is 283 g/mol. The second-order valence-electron chi connectivity index (χ2n) is 5.20. The first-order valence-electron chi connectivity index (χ1n) is 7.01. The summed E-state index contributed by atoms with van der Waals surface area (Å²) in [7, 11) is 3.47. The van der Waals surface area contributed by atoms with Crippen LogP contribution >= 0.6 is 0 Å². The third-order valence-corrected chi connectivity index (χ3v) is 3.76. The Labute approximate surface area is 126 Å². The van der Waals surface area contributed by atoms with Gasteiger partial charge in [-0.3, -0.25) is 4.79 Å². The van der Waals surface area contributed by atoms with Crippen LogP contribution < -0.4 is 4.74 Å². The second kappa shape index (κ2) is 6.44. The molecule has 0 saturated carbocycles. The van der Waals surface area contributed by atoms with E-state index in [0.717, 1.165) is 16.9 Å². The number of aryl methyl sites for hydroxylation is 1. The van der Waals surface area contributed by atoms with E-state index in [2.05, 4.69) is 0 Å². The summed E-state index contributed by atoms with van der Waals surface area (Å²) in [6, 6.07) is 15.4. The van der Waals surface area contributed by atoms with Crippen LogP contribution in [0.5, 0.6) is 5.75 Å². The molecule has 0 heterocycles. The summed E-state index contributed by atoms with van der Waals surface area (Å²) in [6.45, 7) is 3.99. The zero-order valence-electron chi connectivity index (χ0n) is 13.0. The molecule has 1 unspecified atom stereocenters. The molecular formula is C18H21NO2. The van der Waals surface area contributed by atoms with Gasteiger partial charge in [-0.25, -0.2) is 0 Å². The number of amides is 1. The SMILES string of the molecule is COc1ccccc1C(C)N(C)C(=O)c1cccc(C)c1. The molecular weight excluding hydrogens is 262 g/mol. The van der Waals surface area contributed by atoms with Crippen LogP contribution in [0.1, 0.15) is 34.5 Å². The highest BCUT2D eigenvalue weighted by Gasteiger charge is 2.21. The van der Waals surface area contributed by atoms with Gasteiger partial charge in [-0.2, -0.15) is 0 Å². The minimum atomic E-state index is -0.0610. The summed E-state index contributed by atoms with van der Waals surface area (Å²) in [5.74, 6) is 0.811. The van der Waals surface area contributed by atoms with E-state index < -0.39 is 0 Å². The predicted octanol–water partition coefficient (Wildman–Crippen LogP) is 3.84. The molecule has 0 bridgehead atoms. The Morgan fingerprint density at radius 2 is 1.86 bits per heavy atom. The van der Waals surface area contributed by atoms with Crippen LogP contribution in [0.15, 0.2) is 48.5 Å². The molecule has 2 rings (SSSR count). The van der Waals surface area contributed by atoms with Crippen molar-refractivity contribution in [2.45, 2.75) is 19.9 Å². The summed E-state index contributed by atoms with van der Waals surface area (Å²) < 4.78 is 5.38. The highest BCUT2D eigenvalue weighted by atomic mass is 16.5. The van der Waals surface area contributed by atoms with Gasteiger partial charge in [0.05, 0.1) is 13.2 Å². The van der Waals surface area contributed by atoms with Gasteiger partial charge in [-0.15, -0.1) is 0 Å². The van der Waals surface area contributed by atoms with Crippen LogP contribution in [-0.4, -0.2) is 25.0 Å². The molecule has 1 amide bonds. The number of hydrogen-bond acceptors (Lipinski definition) is 2. The first-order valence-corrected chi connectivity index (χ1v) is 7.01. The maximum absolute atomic E-state index is 12.6. The lowest BCUT2D eigenvalue weighted by molar-refractivity contribution is 0.0741. The van der Waals surface area contributed by atoms with Gasteiger partial charge < -0.3 is 9.64 Å². The fourth-order valence-corrected chi connectivity index (χ4v) is 2.38. The van der Waals surface area contributed by atoms with Gasteiger partial charge in [0.25, 0.3) is 5.91 Å². The van der Waals surface area contributed by atoms with E-state index in [9.17, 15) is 4.79 Å². The summed E-state index contributed by atoms with van der Waals surface area (Å²) in [5, 5.41) is 0. The van der Waals surface area contributed by atoms with E-state index >= 15 is 0 Å². The van der Waals surface area contributed by atoms with Crippen LogP contribution in [0.2, 0.25) is 0 Å². The van der Waals surface area contributed by atoms with Crippen LogP contribution in [-0.2, 0) is 0 Å². The molecule has 0 aliphatic carbocycles. The topological polar surface area (TPSA) is 29.5 Å². The van der Waals surface area contributed by atoms with Crippen molar-refractivity contribution in [1.29, 1.82) is 0 Å². The minimum absolute atomic E-state index is 0.0112. The first-order chi connectivity index (χ1) is 10.0. The van der Waals surface area contributed by atoms with E-state index in [1.165, 1.54) is 0 Å². The zero-order valence-corrected chi connectivity index (χ0v) is 13.0. The molecule has 21 heavy (non-hydrogen) atoms. The standard InChI is InChI=1S/C18H21NO2/c1-13-8-7-9-15(12-13)18(20)19(3)14(2)16-10-5-6-11-17(16)21-4/h5-12,14H,1-4H3. The average Bonchev–Trinajstić information content (AvgIpc) is 2.52. The summed E-state index contributed by atoms with van der Waals surface area (Å²) in [4.78, 5) is 14.3. The lowest BCUT2D eigenvalue weighted by Crippen LogP contribution is -2.29. The number of nitrogens with zero attached hydrogens (tertiary/aromatic N) is 1. The molecule has 3 nitrogen and oxygen atoms in total. The third-order valence-electron chi connectivity index (χ3n) is 3.76. The van der Waals surface area contributed by atoms with Crippen molar-refractivity contribution in [2.24, 2.45) is 0 Å². The summed E-state index contributed by atoms with van der Waals surface area (Å²) in [5.41, 5.74) is 2.79. The Bertz CT molecular complexity index is 637. The Kier molecular flexibility index (Phi) is 4.63. The lowest BCUT2D eigenvalue weighted by Gasteiger charge is -2.26. The number of hydrogen-bond donors (Lipinski definition) is 0. The number of rotatable bonds is 4. The largest absolute Gasteiger partial charge is 0.496 e. The highest BCUT2D eigenvalue weighted by molar-refractivity contribution is 5.94. The molecule has 110 valence electrons. The van der Waals surface area contributed by atoms with Crippen LogP contribution in [0, 0.1) is 6.92 Å². The Balaban J connectivity index is 2.26. The fourth-order valence-electron chi connectivity index (χ4n) is 2.38. The van der Waals surface area contributed by atoms with Crippen molar-refractivity contribution in [3.63, 3.8) is 0 Å². The maximum atomic E-state index is 12.6. The molecule has 0 fully saturated rings. The van der Waals surface area contributed by atoms with Crippen molar-refractivity contribution in [1.82, 2.24) is 4.90 Å². The number of carbonyl (C=O) groups excluding carboxylic acids is 1. The Morgan fingerprint density at radius 3 is 2.52 bits per heavy atom. The number of methoxy groups -OCH3 is 1. The van der Waals surface area contributed by atoms with E-state index in [0.29, 0.717) is 5.56 Å². The first kappa shape index (κ1) is 15.1. The van der Waals surface area contributed by atoms with Crippen LogP contribution in [0.4, 0.5) is 0 Å². The fraction of sp³-hybridized carbons (Fsp3) is 0.278. The molecule has 0 N–H and O–H groups in total. The van der Waals surface area contributed by atoms with Crippen molar-refractivity contribution < 1.29 is 9.53 Å². The third kappa shape index (κ3) is 3.24. The summed E-state index contributed by atoms with van der Waals surface area (Å²) >= 11 is 0. The van der Waals surface area contributed by atoms with Gasteiger partial charge in [0.15, 0.2) is 0 Å². The normalized spacial score (nSPS) is 11.8. The van der Waals surface area contributed by atoms with Gasteiger partial charge in [-0.1, -0.05) is 35.9 Å². The van der Waals surface area contributed by atoms with Gasteiger partial charge in [0.1, 0.15) is 5.75 Å². The second-order valence-corrected chi connectivity index (χ2v) is 5.20. The van der Waals surface area contributed by atoms with E-state index in [-0.39, 0.29) is 11.9 Å². The number of para-hydroxylation sites is 1.